The van der Waals surface area contributed by atoms with Gasteiger partial charge in [0.1, 0.15) is 5.03 Å². The van der Waals surface area contributed by atoms with E-state index >= 15 is 0 Å². The van der Waals surface area contributed by atoms with Gasteiger partial charge < -0.3 is 9.32 Å². The first-order valence-corrected chi connectivity index (χ1v) is 6.64. The second-order valence-electron chi connectivity index (χ2n) is 3.84. The van der Waals surface area contributed by atoms with E-state index in [0.717, 1.165) is 10.7 Å². The Kier molecular flexibility index (Phi) is 3.97. The van der Waals surface area contributed by atoms with Crippen LogP contribution in [0.4, 0.5) is 5.95 Å². The van der Waals surface area contributed by atoms with E-state index < -0.39 is 0 Å². The summed E-state index contributed by atoms with van der Waals surface area (Å²) in [5.74, 6) is 1.84. The van der Waals surface area contributed by atoms with Crippen LogP contribution in [0.25, 0.3) is 0 Å². The Labute approximate surface area is 114 Å². The molecule has 1 N–H and O–H groups in total. The molecule has 2 rings (SSSR count). The Morgan fingerprint density at radius 3 is 2.83 bits per heavy atom. The van der Waals surface area contributed by atoms with Gasteiger partial charge in [-0.25, -0.2) is 15.1 Å². The van der Waals surface area contributed by atoms with Crippen molar-refractivity contribution in [1.29, 1.82) is 0 Å². The topological polar surface area (TPSA) is 70.8 Å². The number of hydrogen-bond donors (Lipinski definition) is 1. The van der Waals surface area contributed by atoms with E-state index in [-0.39, 0.29) is 0 Å². The maximum absolute atomic E-state index is 5.19. The van der Waals surface area contributed by atoms with Crippen LogP contribution in [0, 0.1) is 11.8 Å². The fraction of sp³-hybridized carbons (Fsp3) is 0.400. The predicted octanol–water partition coefficient (Wildman–Crippen LogP) is 2.19. The molecule has 8 heteroatoms. The number of hydrogen-bond acceptors (Lipinski definition) is 7. The summed E-state index contributed by atoms with van der Waals surface area (Å²) >= 11 is 6.35. The SMILES string of the molecule is Cc1cc(SCc2n[nH]c(=S)o2)nc(N(C)C)n1. The van der Waals surface area contributed by atoms with Crippen molar-refractivity contribution < 1.29 is 4.42 Å². The number of aromatic nitrogens is 4. The van der Waals surface area contributed by atoms with Crippen molar-refractivity contribution in [2.45, 2.75) is 17.7 Å². The molecule has 2 aromatic heterocycles. The molecule has 96 valence electrons. The van der Waals surface area contributed by atoms with E-state index in [4.69, 9.17) is 16.6 Å². The molecule has 0 atom stereocenters. The highest BCUT2D eigenvalue weighted by Gasteiger charge is 2.07. The van der Waals surface area contributed by atoms with Crippen molar-refractivity contribution >= 4 is 29.9 Å². The molecule has 0 radical (unpaired) electrons. The van der Waals surface area contributed by atoms with Gasteiger partial charge in [-0.3, -0.25) is 0 Å². The molecule has 0 aromatic carbocycles. The summed E-state index contributed by atoms with van der Waals surface area (Å²) in [6, 6.07) is 1.93. The number of H-pyrrole nitrogens is 1. The molecular weight excluding hydrogens is 270 g/mol. The third-order valence-corrected chi connectivity index (χ3v) is 3.12. The Morgan fingerprint density at radius 1 is 1.44 bits per heavy atom. The lowest BCUT2D eigenvalue weighted by Crippen LogP contribution is -2.13. The molecule has 0 fully saturated rings. The van der Waals surface area contributed by atoms with Crippen LogP contribution in [0.3, 0.4) is 0 Å². The maximum atomic E-state index is 5.19. The zero-order chi connectivity index (χ0) is 13.1. The van der Waals surface area contributed by atoms with Crippen LogP contribution < -0.4 is 4.90 Å². The Morgan fingerprint density at radius 2 is 2.22 bits per heavy atom. The van der Waals surface area contributed by atoms with Crippen LogP contribution in [-0.2, 0) is 5.75 Å². The van der Waals surface area contributed by atoms with Crippen LogP contribution in [0.1, 0.15) is 11.6 Å². The molecule has 0 amide bonds. The molecule has 18 heavy (non-hydrogen) atoms. The van der Waals surface area contributed by atoms with Gasteiger partial charge in [0.05, 0.1) is 5.75 Å². The number of thioether (sulfide) groups is 1. The fourth-order valence-electron chi connectivity index (χ4n) is 1.26. The van der Waals surface area contributed by atoms with Crippen molar-refractivity contribution in [3.05, 3.63) is 22.5 Å². The number of aryl methyl sites for hydroxylation is 1. The summed E-state index contributed by atoms with van der Waals surface area (Å²) < 4.78 is 5.19. The summed E-state index contributed by atoms with van der Waals surface area (Å²) in [6.45, 7) is 1.94. The lowest BCUT2D eigenvalue weighted by Gasteiger charge is -2.11. The molecule has 2 aromatic rings. The zero-order valence-electron chi connectivity index (χ0n) is 10.3. The normalized spacial score (nSPS) is 10.6. The number of aromatic amines is 1. The second kappa shape index (κ2) is 5.49. The smallest absolute Gasteiger partial charge is 0.284 e. The molecule has 0 unspecified atom stereocenters. The summed E-state index contributed by atoms with van der Waals surface area (Å²) in [7, 11) is 3.82. The van der Waals surface area contributed by atoms with Crippen LogP contribution in [0.5, 0.6) is 0 Å². The highest BCUT2D eigenvalue weighted by atomic mass is 32.2. The molecule has 0 aliphatic heterocycles. The van der Waals surface area contributed by atoms with E-state index in [9.17, 15) is 0 Å². The van der Waals surface area contributed by atoms with Gasteiger partial charge in [-0.05, 0) is 25.2 Å². The molecule has 0 aliphatic carbocycles. The molecular formula is C10H13N5OS2. The second-order valence-corrected chi connectivity index (χ2v) is 5.20. The molecule has 6 nitrogen and oxygen atoms in total. The molecule has 2 heterocycles. The minimum atomic E-state index is 0.290. The van der Waals surface area contributed by atoms with Crippen LogP contribution in [0.2, 0.25) is 0 Å². The largest absolute Gasteiger partial charge is 0.413 e. The van der Waals surface area contributed by atoms with Crippen molar-refractivity contribution in [3.8, 4) is 0 Å². The highest BCUT2D eigenvalue weighted by molar-refractivity contribution is 7.98. The number of anilines is 1. The van der Waals surface area contributed by atoms with Crippen LogP contribution >= 0.6 is 24.0 Å². The summed E-state index contributed by atoms with van der Waals surface area (Å²) in [5.41, 5.74) is 0.930. The van der Waals surface area contributed by atoms with Gasteiger partial charge in [-0.2, -0.15) is 0 Å². The van der Waals surface area contributed by atoms with E-state index in [1.807, 2.05) is 32.0 Å². The minimum Gasteiger partial charge on any atom is -0.413 e. The molecule has 0 saturated carbocycles. The minimum absolute atomic E-state index is 0.290. The third kappa shape index (κ3) is 3.30. The van der Waals surface area contributed by atoms with Gasteiger partial charge in [0.25, 0.3) is 4.84 Å². The van der Waals surface area contributed by atoms with Gasteiger partial charge >= 0.3 is 0 Å². The quantitative estimate of drug-likeness (QED) is 0.524. The van der Waals surface area contributed by atoms with Crippen LogP contribution in [-0.4, -0.2) is 34.3 Å². The fourth-order valence-corrected chi connectivity index (χ4v) is 2.19. The average molecular weight is 283 g/mol. The predicted molar refractivity (Wildman–Crippen MR) is 72.3 cm³/mol. The summed E-state index contributed by atoms with van der Waals surface area (Å²) in [6.07, 6.45) is 0. The van der Waals surface area contributed by atoms with Crippen molar-refractivity contribution in [2.24, 2.45) is 0 Å². The van der Waals surface area contributed by atoms with Gasteiger partial charge in [-0.15, -0.1) is 5.10 Å². The first-order chi connectivity index (χ1) is 8.54. The van der Waals surface area contributed by atoms with E-state index in [0.29, 0.717) is 22.4 Å². The Balaban J connectivity index is 2.11. The Hall–Kier alpha value is -1.41. The maximum Gasteiger partial charge on any atom is 0.284 e. The zero-order valence-corrected chi connectivity index (χ0v) is 11.9. The molecule has 0 spiro atoms. The van der Waals surface area contributed by atoms with Crippen molar-refractivity contribution in [3.63, 3.8) is 0 Å². The standard InChI is InChI=1S/C10H13N5OS2/c1-6-4-8(12-9(11-6)15(2)3)18-5-7-13-14-10(17)16-7/h4H,5H2,1-3H3,(H,14,17). The number of nitrogens with one attached hydrogen (secondary N) is 1. The van der Waals surface area contributed by atoms with Crippen molar-refractivity contribution in [1.82, 2.24) is 20.2 Å². The van der Waals surface area contributed by atoms with E-state index in [1.165, 1.54) is 11.8 Å². The highest BCUT2D eigenvalue weighted by Crippen LogP contribution is 2.22. The lowest BCUT2D eigenvalue weighted by molar-refractivity contribution is 0.500. The average Bonchev–Trinajstić information content (AvgIpc) is 2.72. The molecule has 0 saturated heterocycles. The summed E-state index contributed by atoms with van der Waals surface area (Å²) in [4.78, 5) is 10.9. The monoisotopic (exact) mass is 283 g/mol. The van der Waals surface area contributed by atoms with Gasteiger partial charge in [-0.1, -0.05) is 11.8 Å². The third-order valence-electron chi connectivity index (χ3n) is 2.04. The van der Waals surface area contributed by atoms with Crippen molar-refractivity contribution in [2.75, 3.05) is 19.0 Å². The lowest BCUT2D eigenvalue weighted by atomic mass is 10.4. The van der Waals surface area contributed by atoms with E-state index in [1.54, 1.807) is 0 Å². The van der Waals surface area contributed by atoms with Gasteiger partial charge in [0, 0.05) is 19.8 Å². The van der Waals surface area contributed by atoms with Crippen LogP contribution in [0.15, 0.2) is 15.5 Å². The van der Waals surface area contributed by atoms with Gasteiger partial charge in [0.15, 0.2) is 0 Å². The molecule has 0 aliphatic rings. The number of nitrogens with zero attached hydrogens (tertiary/aromatic N) is 4. The first kappa shape index (κ1) is 13.0. The van der Waals surface area contributed by atoms with E-state index in [2.05, 4.69) is 20.2 Å². The molecule has 0 bridgehead atoms. The number of rotatable bonds is 4. The van der Waals surface area contributed by atoms with Gasteiger partial charge in [0.2, 0.25) is 11.8 Å². The summed E-state index contributed by atoms with van der Waals surface area (Å²) in [5, 5.41) is 7.41. The first-order valence-electron chi connectivity index (χ1n) is 5.25. The Bertz CT molecular complexity index is 592.